The third-order valence-corrected chi connectivity index (χ3v) is 4.28. The van der Waals surface area contributed by atoms with E-state index < -0.39 is 15.6 Å². The number of hydrogen-bond donors (Lipinski definition) is 2. The summed E-state index contributed by atoms with van der Waals surface area (Å²) < 4.78 is 28.7. The average molecular weight is 285 g/mol. The minimum absolute atomic E-state index is 0.0398. The summed E-state index contributed by atoms with van der Waals surface area (Å²) in [7, 11) is -3.19. The minimum Gasteiger partial charge on any atom is -0.395 e. The Morgan fingerprint density at radius 2 is 1.89 bits per heavy atom. The van der Waals surface area contributed by atoms with Gasteiger partial charge in [-0.05, 0) is 31.5 Å². The van der Waals surface area contributed by atoms with Crippen molar-refractivity contribution in [3.63, 3.8) is 0 Å². The van der Waals surface area contributed by atoms with E-state index in [9.17, 15) is 13.5 Å². The van der Waals surface area contributed by atoms with Crippen LogP contribution in [-0.4, -0.2) is 38.2 Å². The molecule has 5 nitrogen and oxygen atoms in total. The molecule has 0 bridgehead atoms. The van der Waals surface area contributed by atoms with Crippen molar-refractivity contribution in [3.8, 4) is 0 Å². The number of nitrogens with one attached hydrogen (secondary N) is 1. The van der Waals surface area contributed by atoms with Crippen LogP contribution in [0.3, 0.4) is 0 Å². The number of aliphatic hydroxyl groups is 1. The lowest BCUT2D eigenvalue weighted by molar-refractivity contribution is -0.0274. The molecule has 2 rings (SSSR count). The van der Waals surface area contributed by atoms with E-state index in [-0.39, 0.29) is 23.6 Å². The fraction of sp³-hybridized carbons (Fsp3) is 0.538. The van der Waals surface area contributed by atoms with Gasteiger partial charge in [0.05, 0.1) is 17.5 Å². The maximum atomic E-state index is 11.4. The van der Waals surface area contributed by atoms with Crippen LogP contribution >= 0.6 is 0 Å². The van der Waals surface area contributed by atoms with Gasteiger partial charge in [-0.15, -0.1) is 0 Å². The maximum absolute atomic E-state index is 11.4. The lowest BCUT2D eigenvalue weighted by Crippen LogP contribution is -2.40. The first-order chi connectivity index (χ1) is 8.73. The number of rotatable bonds is 3. The zero-order chi connectivity index (χ0) is 14.3. The third-order valence-electron chi connectivity index (χ3n) is 3.15. The zero-order valence-corrected chi connectivity index (χ0v) is 12.1. The molecule has 0 amide bonds. The monoisotopic (exact) mass is 285 g/mol. The predicted octanol–water partition coefficient (Wildman–Crippen LogP) is 0.848. The standard InChI is InChI=1S/C13H19NO4S/c1-13(2)14-11(8-15)12(18-13)9-4-6-10(7-5-9)19(3,16)17/h4-7,11-12,14-15H,8H2,1-3H3. The van der Waals surface area contributed by atoms with E-state index in [1.165, 1.54) is 6.26 Å². The predicted molar refractivity (Wildman–Crippen MR) is 71.5 cm³/mol. The number of sulfone groups is 1. The summed E-state index contributed by atoms with van der Waals surface area (Å²) in [5.74, 6) is 0. The van der Waals surface area contributed by atoms with E-state index in [4.69, 9.17) is 4.74 Å². The number of aliphatic hydroxyl groups excluding tert-OH is 1. The van der Waals surface area contributed by atoms with Gasteiger partial charge in [0.15, 0.2) is 9.84 Å². The van der Waals surface area contributed by atoms with Crippen molar-refractivity contribution in [2.75, 3.05) is 12.9 Å². The van der Waals surface area contributed by atoms with Crippen LogP contribution in [0.15, 0.2) is 29.2 Å². The molecule has 19 heavy (non-hydrogen) atoms. The summed E-state index contributed by atoms with van der Waals surface area (Å²) >= 11 is 0. The van der Waals surface area contributed by atoms with Crippen LogP contribution < -0.4 is 5.32 Å². The lowest BCUT2D eigenvalue weighted by Gasteiger charge is -2.18. The Kier molecular flexibility index (Phi) is 3.70. The van der Waals surface area contributed by atoms with Crippen LogP contribution in [0, 0.1) is 0 Å². The van der Waals surface area contributed by atoms with E-state index in [0.717, 1.165) is 5.56 Å². The molecule has 1 heterocycles. The van der Waals surface area contributed by atoms with Crippen molar-refractivity contribution in [2.45, 2.75) is 36.6 Å². The quantitative estimate of drug-likeness (QED) is 0.861. The van der Waals surface area contributed by atoms with Gasteiger partial charge in [-0.2, -0.15) is 0 Å². The van der Waals surface area contributed by atoms with Crippen LogP contribution in [0.1, 0.15) is 25.5 Å². The van der Waals surface area contributed by atoms with Gasteiger partial charge in [0.2, 0.25) is 0 Å². The first-order valence-corrected chi connectivity index (χ1v) is 7.98. The lowest BCUT2D eigenvalue weighted by atomic mass is 10.0. The molecule has 0 saturated carbocycles. The summed E-state index contributed by atoms with van der Waals surface area (Å²) in [5.41, 5.74) is 0.345. The molecule has 2 unspecified atom stereocenters. The van der Waals surface area contributed by atoms with Crippen LogP contribution in [0.4, 0.5) is 0 Å². The highest BCUT2D eigenvalue weighted by atomic mass is 32.2. The Morgan fingerprint density at radius 3 is 2.37 bits per heavy atom. The maximum Gasteiger partial charge on any atom is 0.175 e. The fourth-order valence-corrected chi connectivity index (χ4v) is 2.93. The van der Waals surface area contributed by atoms with E-state index in [2.05, 4.69) is 5.32 Å². The summed E-state index contributed by atoms with van der Waals surface area (Å²) in [6.45, 7) is 3.74. The SMILES string of the molecule is CC1(C)NC(CO)C(c2ccc(S(C)(=O)=O)cc2)O1. The molecule has 1 saturated heterocycles. The van der Waals surface area contributed by atoms with E-state index in [1.54, 1.807) is 24.3 Å². The summed E-state index contributed by atoms with van der Waals surface area (Å²) in [4.78, 5) is 0.280. The molecule has 0 aromatic heterocycles. The molecule has 6 heteroatoms. The van der Waals surface area contributed by atoms with E-state index in [1.807, 2.05) is 13.8 Å². The molecule has 2 N–H and O–H groups in total. The Hall–Kier alpha value is -0.950. The molecule has 1 aromatic carbocycles. The average Bonchev–Trinajstić information content (AvgIpc) is 2.64. The van der Waals surface area contributed by atoms with Gasteiger partial charge in [0.25, 0.3) is 0 Å². The van der Waals surface area contributed by atoms with Crippen molar-refractivity contribution in [2.24, 2.45) is 0 Å². The third kappa shape index (κ3) is 3.14. The molecular formula is C13H19NO4S. The highest BCUT2D eigenvalue weighted by Gasteiger charge is 2.39. The Labute approximate surface area is 113 Å². The van der Waals surface area contributed by atoms with Gasteiger partial charge in [0, 0.05) is 6.26 Å². The first kappa shape index (κ1) is 14.5. The van der Waals surface area contributed by atoms with Gasteiger partial charge in [-0.1, -0.05) is 12.1 Å². The minimum atomic E-state index is -3.19. The van der Waals surface area contributed by atoms with Crippen molar-refractivity contribution in [1.29, 1.82) is 0 Å². The molecule has 1 aliphatic heterocycles. The van der Waals surface area contributed by atoms with Gasteiger partial charge in [-0.3, -0.25) is 5.32 Å². The van der Waals surface area contributed by atoms with Gasteiger partial charge >= 0.3 is 0 Å². The molecule has 0 radical (unpaired) electrons. The Morgan fingerprint density at radius 1 is 1.32 bits per heavy atom. The normalized spacial score (nSPS) is 26.5. The molecular weight excluding hydrogens is 266 g/mol. The molecule has 1 aliphatic rings. The summed E-state index contributed by atoms with van der Waals surface area (Å²) in [6.07, 6.45) is 0.892. The van der Waals surface area contributed by atoms with Crippen LogP contribution in [-0.2, 0) is 14.6 Å². The van der Waals surface area contributed by atoms with Crippen LogP contribution in [0.2, 0.25) is 0 Å². The highest BCUT2D eigenvalue weighted by molar-refractivity contribution is 7.90. The first-order valence-electron chi connectivity index (χ1n) is 6.09. The van der Waals surface area contributed by atoms with Crippen molar-refractivity contribution < 1.29 is 18.3 Å². The zero-order valence-electron chi connectivity index (χ0n) is 11.3. The van der Waals surface area contributed by atoms with Crippen LogP contribution in [0.5, 0.6) is 0 Å². The number of benzene rings is 1. The molecule has 1 aromatic rings. The Bertz CT molecular complexity index is 551. The molecule has 0 spiro atoms. The Balaban J connectivity index is 2.27. The van der Waals surface area contributed by atoms with Gasteiger partial charge in [-0.25, -0.2) is 8.42 Å². The largest absolute Gasteiger partial charge is 0.395 e. The smallest absolute Gasteiger partial charge is 0.175 e. The fourth-order valence-electron chi connectivity index (χ4n) is 2.30. The highest BCUT2D eigenvalue weighted by Crippen LogP contribution is 2.33. The topological polar surface area (TPSA) is 75.6 Å². The van der Waals surface area contributed by atoms with Gasteiger partial charge in [0.1, 0.15) is 11.8 Å². The van der Waals surface area contributed by atoms with Crippen molar-refractivity contribution in [1.82, 2.24) is 5.32 Å². The van der Waals surface area contributed by atoms with Gasteiger partial charge < -0.3 is 9.84 Å². The molecule has 0 aliphatic carbocycles. The second-order valence-electron chi connectivity index (χ2n) is 5.32. The molecule has 2 atom stereocenters. The van der Waals surface area contributed by atoms with Crippen molar-refractivity contribution >= 4 is 9.84 Å². The van der Waals surface area contributed by atoms with Crippen molar-refractivity contribution in [3.05, 3.63) is 29.8 Å². The molecule has 106 valence electrons. The van der Waals surface area contributed by atoms with Crippen LogP contribution in [0.25, 0.3) is 0 Å². The number of ether oxygens (including phenoxy) is 1. The second-order valence-corrected chi connectivity index (χ2v) is 7.34. The second kappa shape index (κ2) is 4.86. The summed E-state index contributed by atoms with van der Waals surface area (Å²) in [5, 5.41) is 12.6. The van der Waals surface area contributed by atoms with E-state index >= 15 is 0 Å². The summed E-state index contributed by atoms with van der Waals surface area (Å²) in [6, 6.07) is 6.39. The van der Waals surface area contributed by atoms with E-state index in [0.29, 0.717) is 0 Å². The number of hydrogen-bond acceptors (Lipinski definition) is 5. The molecule has 1 fully saturated rings.